The molecule has 6 nitrogen and oxygen atoms in total. The lowest BCUT2D eigenvalue weighted by atomic mass is 10.2. The second-order valence-corrected chi connectivity index (χ2v) is 8.90. The highest BCUT2D eigenvalue weighted by atomic mass is 35.5. The summed E-state index contributed by atoms with van der Waals surface area (Å²) in [5.74, 6) is -0.558. The first kappa shape index (κ1) is 20.4. The van der Waals surface area contributed by atoms with E-state index in [0.717, 1.165) is 0 Å². The molecule has 1 N–H and O–H groups in total. The number of hydrogen-bond donors (Lipinski definition) is 1. The largest absolute Gasteiger partial charge is 0.379 e. The number of rotatable bonds is 4. The number of carbonyl (C=O) groups excluding carboxylic acids is 1. The second kappa shape index (κ2) is 8.34. The predicted octanol–water partition coefficient (Wildman–Crippen LogP) is 3.92. The van der Waals surface area contributed by atoms with E-state index in [1.165, 1.54) is 16.4 Å². The molecule has 1 fully saturated rings. The summed E-state index contributed by atoms with van der Waals surface area (Å²) >= 11 is 18.1. The van der Waals surface area contributed by atoms with Crippen molar-refractivity contribution in [3.63, 3.8) is 0 Å². The minimum atomic E-state index is -3.88. The smallest absolute Gasteiger partial charge is 0.257 e. The molecule has 0 bridgehead atoms. The van der Waals surface area contributed by atoms with Crippen LogP contribution in [0.3, 0.4) is 0 Å². The van der Waals surface area contributed by atoms with Gasteiger partial charge in [-0.15, -0.1) is 0 Å². The van der Waals surface area contributed by atoms with E-state index in [1.807, 2.05) is 0 Å². The van der Waals surface area contributed by atoms with Crippen LogP contribution in [-0.4, -0.2) is 44.9 Å². The van der Waals surface area contributed by atoms with Crippen molar-refractivity contribution in [2.75, 3.05) is 31.6 Å². The van der Waals surface area contributed by atoms with E-state index in [2.05, 4.69) is 5.32 Å². The number of amides is 1. The Kier molecular flexibility index (Phi) is 6.30. The summed E-state index contributed by atoms with van der Waals surface area (Å²) in [6.45, 7) is 1.03. The van der Waals surface area contributed by atoms with Crippen LogP contribution in [0.1, 0.15) is 10.4 Å². The van der Waals surface area contributed by atoms with Gasteiger partial charge in [0.05, 0.1) is 28.8 Å². The number of carbonyl (C=O) groups is 1. The monoisotopic (exact) mass is 448 g/mol. The zero-order valence-corrected chi connectivity index (χ0v) is 17.0. The van der Waals surface area contributed by atoms with Gasteiger partial charge in [-0.25, -0.2) is 8.42 Å². The summed E-state index contributed by atoms with van der Waals surface area (Å²) in [6, 6.07) is 8.93. The third kappa shape index (κ3) is 4.56. The number of benzene rings is 2. The Morgan fingerprint density at radius 3 is 2.26 bits per heavy atom. The van der Waals surface area contributed by atoms with Gasteiger partial charge in [-0.05, 0) is 36.4 Å². The van der Waals surface area contributed by atoms with E-state index in [4.69, 9.17) is 39.5 Å². The molecule has 0 radical (unpaired) electrons. The molecule has 0 aromatic heterocycles. The van der Waals surface area contributed by atoms with Gasteiger partial charge >= 0.3 is 0 Å². The van der Waals surface area contributed by atoms with Crippen LogP contribution in [0, 0.1) is 0 Å². The molecule has 2 aromatic rings. The number of ether oxygens (including phenoxy) is 1. The Morgan fingerprint density at radius 2 is 1.63 bits per heavy atom. The van der Waals surface area contributed by atoms with E-state index in [9.17, 15) is 13.2 Å². The third-order valence-electron chi connectivity index (χ3n) is 3.96. The molecule has 0 atom stereocenters. The Balaban J connectivity index is 1.93. The van der Waals surface area contributed by atoms with Crippen LogP contribution in [0.4, 0.5) is 5.69 Å². The number of morpholine rings is 1. The molecule has 1 heterocycles. The Morgan fingerprint density at radius 1 is 1.00 bits per heavy atom. The third-order valence-corrected chi connectivity index (χ3v) is 6.88. The fourth-order valence-corrected chi connectivity index (χ4v) is 4.93. The Bertz CT molecular complexity index is 959. The summed E-state index contributed by atoms with van der Waals surface area (Å²) < 4.78 is 32.2. The highest BCUT2D eigenvalue weighted by molar-refractivity contribution is 7.89. The lowest BCUT2D eigenvalue weighted by Gasteiger charge is -2.26. The fourth-order valence-electron chi connectivity index (χ4n) is 2.56. The number of nitrogens with zero attached hydrogens (tertiary/aromatic N) is 1. The number of sulfonamides is 1. The summed E-state index contributed by atoms with van der Waals surface area (Å²) in [4.78, 5) is 12.4. The maximum absolute atomic E-state index is 12.9. The Hall–Kier alpha value is -1.35. The first-order valence-corrected chi connectivity index (χ1v) is 10.5. The van der Waals surface area contributed by atoms with Gasteiger partial charge in [0.1, 0.15) is 4.90 Å². The van der Waals surface area contributed by atoms with Crippen LogP contribution in [0.15, 0.2) is 41.3 Å². The van der Waals surface area contributed by atoms with Crippen molar-refractivity contribution in [1.29, 1.82) is 0 Å². The van der Waals surface area contributed by atoms with E-state index in [1.54, 1.807) is 24.3 Å². The molecule has 3 rings (SSSR count). The molecule has 0 unspecified atom stereocenters. The van der Waals surface area contributed by atoms with Crippen LogP contribution in [0.25, 0.3) is 0 Å². The molecule has 2 aromatic carbocycles. The molecule has 1 amide bonds. The molecule has 27 heavy (non-hydrogen) atoms. The van der Waals surface area contributed by atoms with Crippen molar-refractivity contribution >= 4 is 56.4 Å². The lowest BCUT2D eigenvalue weighted by molar-refractivity contribution is 0.0730. The topological polar surface area (TPSA) is 75.7 Å². The number of anilines is 1. The predicted molar refractivity (Wildman–Crippen MR) is 105 cm³/mol. The number of hydrogen-bond acceptors (Lipinski definition) is 4. The van der Waals surface area contributed by atoms with E-state index < -0.39 is 15.9 Å². The standard InChI is InChI=1S/C17H15Cl3N2O4S/c18-11-1-3-12(4-2-11)21-17(23)13-9-16(15(20)10-14(13)19)27(24,25)22-5-7-26-8-6-22/h1-4,9-10H,5-8H2,(H,21,23). The van der Waals surface area contributed by atoms with Crippen LogP contribution in [0.5, 0.6) is 0 Å². The van der Waals surface area contributed by atoms with Crippen molar-refractivity contribution in [3.8, 4) is 0 Å². The van der Waals surface area contributed by atoms with Crippen molar-refractivity contribution in [2.24, 2.45) is 0 Å². The van der Waals surface area contributed by atoms with E-state index >= 15 is 0 Å². The van der Waals surface area contributed by atoms with E-state index in [0.29, 0.717) is 23.9 Å². The SMILES string of the molecule is O=C(Nc1ccc(Cl)cc1)c1cc(S(=O)(=O)N2CCOCC2)c(Cl)cc1Cl. The molecule has 144 valence electrons. The lowest BCUT2D eigenvalue weighted by Crippen LogP contribution is -2.40. The van der Waals surface area contributed by atoms with Crippen LogP contribution in [-0.2, 0) is 14.8 Å². The fraction of sp³-hybridized carbons (Fsp3) is 0.235. The van der Waals surface area contributed by atoms with Crippen LogP contribution < -0.4 is 5.32 Å². The van der Waals surface area contributed by atoms with Crippen LogP contribution >= 0.6 is 34.8 Å². The van der Waals surface area contributed by atoms with Gasteiger partial charge in [0, 0.05) is 23.8 Å². The second-order valence-electron chi connectivity index (χ2n) is 5.74. The highest BCUT2D eigenvalue weighted by Gasteiger charge is 2.30. The van der Waals surface area contributed by atoms with Gasteiger partial charge in [0.25, 0.3) is 5.91 Å². The highest BCUT2D eigenvalue weighted by Crippen LogP contribution is 2.31. The van der Waals surface area contributed by atoms with Gasteiger partial charge in [-0.2, -0.15) is 4.31 Å². The van der Waals surface area contributed by atoms with Crippen molar-refractivity contribution in [2.45, 2.75) is 4.90 Å². The van der Waals surface area contributed by atoms with Crippen LogP contribution in [0.2, 0.25) is 15.1 Å². The zero-order valence-electron chi connectivity index (χ0n) is 13.9. The van der Waals surface area contributed by atoms with Crippen molar-refractivity contribution in [1.82, 2.24) is 4.31 Å². The minimum absolute atomic E-state index is 0.00264. The van der Waals surface area contributed by atoms with E-state index in [-0.39, 0.29) is 33.6 Å². The molecule has 1 aliphatic rings. The zero-order chi connectivity index (χ0) is 19.6. The maximum Gasteiger partial charge on any atom is 0.257 e. The average molecular weight is 450 g/mol. The summed E-state index contributed by atoms with van der Waals surface area (Å²) in [7, 11) is -3.88. The van der Waals surface area contributed by atoms with Gasteiger partial charge in [-0.3, -0.25) is 4.79 Å². The first-order chi connectivity index (χ1) is 12.8. The van der Waals surface area contributed by atoms with Gasteiger partial charge < -0.3 is 10.1 Å². The molecular formula is C17H15Cl3N2O4S. The molecule has 0 aliphatic carbocycles. The molecule has 1 aliphatic heterocycles. The maximum atomic E-state index is 12.9. The summed E-state index contributed by atoms with van der Waals surface area (Å²) in [5.41, 5.74) is 0.496. The first-order valence-electron chi connectivity index (χ1n) is 7.93. The minimum Gasteiger partial charge on any atom is -0.379 e. The molecule has 0 spiro atoms. The quantitative estimate of drug-likeness (QED) is 0.767. The normalized spacial score (nSPS) is 15.5. The summed E-state index contributed by atoms with van der Waals surface area (Å²) in [5, 5.41) is 3.18. The molecule has 10 heteroatoms. The van der Waals surface area contributed by atoms with Gasteiger partial charge in [0.2, 0.25) is 10.0 Å². The van der Waals surface area contributed by atoms with Gasteiger partial charge in [-0.1, -0.05) is 34.8 Å². The average Bonchev–Trinajstić information content (AvgIpc) is 2.64. The summed E-state index contributed by atoms with van der Waals surface area (Å²) in [6.07, 6.45) is 0. The number of nitrogens with one attached hydrogen (secondary N) is 1. The molecular weight excluding hydrogens is 435 g/mol. The van der Waals surface area contributed by atoms with Crippen molar-refractivity contribution < 1.29 is 17.9 Å². The Labute approximate surface area is 172 Å². The van der Waals surface area contributed by atoms with Crippen molar-refractivity contribution in [3.05, 3.63) is 57.0 Å². The van der Waals surface area contributed by atoms with Gasteiger partial charge in [0.15, 0.2) is 0 Å². The molecule has 1 saturated heterocycles. The number of halogens is 3. The molecule has 0 saturated carbocycles.